The zero-order valence-corrected chi connectivity index (χ0v) is 17.4. The number of hydrogen-bond donors (Lipinski definition) is 4. The summed E-state index contributed by atoms with van der Waals surface area (Å²) >= 11 is 0. The lowest BCUT2D eigenvalue weighted by Crippen LogP contribution is -2.67. The van der Waals surface area contributed by atoms with Gasteiger partial charge in [-0.3, -0.25) is 4.79 Å². The van der Waals surface area contributed by atoms with Gasteiger partial charge in [-0.2, -0.15) is 0 Å². The van der Waals surface area contributed by atoms with E-state index in [1.807, 2.05) is 6.92 Å². The maximum atomic E-state index is 11.5. The van der Waals surface area contributed by atoms with E-state index in [1.54, 1.807) is 0 Å². The van der Waals surface area contributed by atoms with Crippen molar-refractivity contribution < 1.29 is 30.0 Å². The van der Waals surface area contributed by atoms with Crippen LogP contribution in [-0.4, -0.2) is 57.4 Å². The molecule has 0 heterocycles. The third-order valence-corrected chi connectivity index (χ3v) is 9.78. The highest BCUT2D eigenvalue weighted by molar-refractivity contribution is 5.66. The van der Waals surface area contributed by atoms with Crippen molar-refractivity contribution in [2.24, 2.45) is 34.0 Å². The van der Waals surface area contributed by atoms with Crippen LogP contribution in [0.15, 0.2) is 0 Å². The van der Waals surface area contributed by atoms with Crippen LogP contribution < -0.4 is 0 Å². The first-order chi connectivity index (χ1) is 13.0. The highest BCUT2D eigenvalue weighted by Gasteiger charge is 2.73. The van der Waals surface area contributed by atoms with Gasteiger partial charge in [0.25, 0.3) is 0 Å². The van der Waals surface area contributed by atoms with Crippen molar-refractivity contribution in [3.8, 4) is 0 Å². The van der Waals surface area contributed by atoms with Crippen LogP contribution in [0.5, 0.6) is 0 Å². The molecule has 0 aliphatic heterocycles. The highest BCUT2D eigenvalue weighted by Crippen LogP contribution is 2.75. The van der Waals surface area contributed by atoms with Crippen molar-refractivity contribution in [1.29, 1.82) is 0 Å². The van der Waals surface area contributed by atoms with E-state index in [0.29, 0.717) is 12.3 Å². The van der Waals surface area contributed by atoms with Gasteiger partial charge in [-0.05, 0) is 61.7 Å². The van der Waals surface area contributed by atoms with E-state index >= 15 is 0 Å². The molecule has 4 aliphatic rings. The number of rotatable bonds is 3. The van der Waals surface area contributed by atoms with Crippen LogP contribution in [0.3, 0.4) is 0 Å². The topological polar surface area (TPSA) is 107 Å². The molecule has 6 nitrogen and oxygen atoms in total. The average molecular weight is 397 g/mol. The number of carbonyl (C=O) groups excluding carboxylic acids is 1. The van der Waals surface area contributed by atoms with Gasteiger partial charge in [-0.25, -0.2) is 0 Å². The number of hydrogen-bond acceptors (Lipinski definition) is 6. The van der Waals surface area contributed by atoms with E-state index < -0.39 is 29.2 Å². The van der Waals surface area contributed by atoms with E-state index in [9.17, 15) is 25.2 Å². The Kier molecular flexibility index (Phi) is 4.70. The molecule has 4 saturated carbocycles. The maximum Gasteiger partial charge on any atom is 0.302 e. The van der Waals surface area contributed by atoms with Gasteiger partial charge in [0, 0.05) is 24.2 Å². The Morgan fingerprint density at radius 1 is 1.07 bits per heavy atom. The van der Waals surface area contributed by atoms with Crippen LogP contribution in [-0.2, 0) is 9.53 Å². The second-order valence-electron chi connectivity index (χ2n) is 10.7. The van der Waals surface area contributed by atoms with E-state index in [2.05, 4.69) is 6.92 Å². The van der Waals surface area contributed by atoms with Gasteiger partial charge >= 0.3 is 5.97 Å². The fourth-order valence-corrected chi connectivity index (χ4v) is 8.26. The number of aliphatic hydroxyl groups excluding tert-OH is 3. The fraction of sp³-hybridized carbons (Fsp3) is 0.955. The second kappa shape index (κ2) is 6.40. The molecule has 4 fully saturated rings. The second-order valence-corrected chi connectivity index (χ2v) is 10.7. The van der Waals surface area contributed by atoms with Crippen LogP contribution in [0.1, 0.15) is 65.7 Å². The van der Waals surface area contributed by atoms with Gasteiger partial charge in [-0.1, -0.05) is 13.8 Å². The highest BCUT2D eigenvalue weighted by atomic mass is 16.5. The summed E-state index contributed by atoms with van der Waals surface area (Å²) in [7, 11) is 0. The molecule has 9 atom stereocenters. The van der Waals surface area contributed by atoms with Crippen LogP contribution in [0.25, 0.3) is 0 Å². The minimum Gasteiger partial charge on any atom is -0.463 e. The Balaban J connectivity index is 1.71. The number of ether oxygens (including phenoxy) is 1. The zero-order chi connectivity index (χ0) is 20.5. The molecular weight excluding hydrogens is 360 g/mol. The number of esters is 1. The summed E-state index contributed by atoms with van der Waals surface area (Å²) in [6.45, 7) is 5.49. The van der Waals surface area contributed by atoms with Crippen LogP contribution in [0.4, 0.5) is 0 Å². The molecule has 2 bridgehead atoms. The molecule has 0 saturated heterocycles. The normalized spacial score (nSPS) is 55.3. The van der Waals surface area contributed by atoms with Crippen LogP contribution in [0.2, 0.25) is 0 Å². The van der Waals surface area contributed by atoms with E-state index in [0.717, 1.165) is 32.1 Å². The molecule has 28 heavy (non-hydrogen) atoms. The summed E-state index contributed by atoms with van der Waals surface area (Å²) in [5.74, 6) is 0.0463. The summed E-state index contributed by atoms with van der Waals surface area (Å²) in [6.07, 6.45) is 3.92. The van der Waals surface area contributed by atoms with Crippen LogP contribution >= 0.6 is 0 Å². The Hall–Kier alpha value is -0.690. The number of carbonyl (C=O) groups is 1. The minimum absolute atomic E-state index is 0.00283. The quantitative estimate of drug-likeness (QED) is 0.540. The SMILES string of the molecule is CC(=O)OC[C@@]1(O)C[C@H](O)[C@]23C[C@H]1C[C@@H]2CC[C@H]1[C@](C)(CO)[C@H](O)CC[C@@]13C. The molecule has 1 spiro atoms. The van der Waals surface area contributed by atoms with Gasteiger partial charge < -0.3 is 25.2 Å². The standard InChI is InChI=1S/C22H36O6/c1-13(24)28-12-21(27)10-18(26)22-9-15(21)8-14(22)4-5-16-19(2,11-23)17(25)6-7-20(16,22)3/h14-18,23,25-27H,4-12H2,1-3H3/t14-,15+,16-,17+,18-,19-,20-,21-,22-/m0/s1. The first-order valence-electron chi connectivity index (χ1n) is 10.9. The van der Waals surface area contributed by atoms with Crippen molar-refractivity contribution in [1.82, 2.24) is 0 Å². The molecule has 4 rings (SSSR count). The van der Waals surface area contributed by atoms with Gasteiger partial charge in [0.05, 0.1) is 18.8 Å². The monoisotopic (exact) mass is 396 g/mol. The summed E-state index contributed by atoms with van der Waals surface area (Å²) in [6, 6.07) is 0. The molecule has 0 aromatic carbocycles. The third-order valence-electron chi connectivity index (χ3n) is 9.78. The fourth-order valence-electron chi connectivity index (χ4n) is 8.26. The summed E-state index contributed by atoms with van der Waals surface area (Å²) in [4.78, 5) is 11.3. The lowest BCUT2D eigenvalue weighted by atomic mass is 9.38. The first kappa shape index (κ1) is 20.6. The molecule has 0 aromatic rings. The smallest absolute Gasteiger partial charge is 0.302 e. The molecule has 4 N–H and O–H groups in total. The van der Waals surface area contributed by atoms with Crippen molar-refractivity contribution in [2.45, 2.75) is 83.5 Å². The zero-order valence-electron chi connectivity index (χ0n) is 17.4. The Bertz CT molecular complexity index is 653. The Morgan fingerprint density at radius 2 is 1.79 bits per heavy atom. The lowest BCUT2D eigenvalue weighted by Gasteiger charge is -2.67. The Morgan fingerprint density at radius 3 is 2.43 bits per heavy atom. The maximum absolute atomic E-state index is 11.5. The van der Waals surface area contributed by atoms with Crippen molar-refractivity contribution in [3.63, 3.8) is 0 Å². The van der Waals surface area contributed by atoms with E-state index in [1.165, 1.54) is 6.92 Å². The van der Waals surface area contributed by atoms with Gasteiger partial charge in [0.1, 0.15) is 12.2 Å². The summed E-state index contributed by atoms with van der Waals surface area (Å²) < 4.78 is 5.16. The number of fused-ring (bicyclic) bond motifs is 2. The van der Waals surface area contributed by atoms with Gasteiger partial charge in [-0.15, -0.1) is 0 Å². The molecular formula is C22H36O6. The predicted octanol–water partition coefficient (Wildman–Crippen LogP) is 1.63. The first-order valence-corrected chi connectivity index (χ1v) is 10.9. The largest absolute Gasteiger partial charge is 0.463 e. The van der Waals surface area contributed by atoms with Gasteiger partial charge in [0.2, 0.25) is 0 Å². The molecule has 0 aromatic heterocycles. The predicted molar refractivity (Wildman–Crippen MR) is 102 cm³/mol. The van der Waals surface area contributed by atoms with Crippen molar-refractivity contribution >= 4 is 5.97 Å². The Labute approximate surface area is 167 Å². The summed E-state index contributed by atoms with van der Waals surface area (Å²) in [5.41, 5.74) is -2.23. The minimum atomic E-state index is -1.17. The summed E-state index contributed by atoms with van der Waals surface area (Å²) in [5, 5.41) is 43.6. The average Bonchev–Trinajstić information content (AvgIpc) is 3.02. The van der Waals surface area contributed by atoms with Gasteiger partial charge in [0.15, 0.2) is 0 Å². The van der Waals surface area contributed by atoms with Crippen molar-refractivity contribution in [3.05, 3.63) is 0 Å². The molecule has 0 amide bonds. The number of aliphatic hydroxyl groups is 4. The molecule has 4 aliphatic carbocycles. The molecule has 0 radical (unpaired) electrons. The van der Waals surface area contributed by atoms with E-state index in [-0.39, 0.29) is 42.3 Å². The van der Waals surface area contributed by atoms with E-state index in [4.69, 9.17) is 4.74 Å². The molecule has 160 valence electrons. The molecule has 0 unspecified atom stereocenters. The van der Waals surface area contributed by atoms with Crippen molar-refractivity contribution in [2.75, 3.05) is 13.2 Å². The van der Waals surface area contributed by atoms with Crippen LogP contribution in [0, 0.1) is 34.0 Å². The lowest BCUT2D eigenvalue weighted by molar-refractivity contribution is -0.250. The third kappa shape index (κ3) is 2.44. The molecule has 6 heteroatoms.